The van der Waals surface area contributed by atoms with Gasteiger partial charge in [-0.1, -0.05) is 23.7 Å². The van der Waals surface area contributed by atoms with E-state index in [9.17, 15) is 4.39 Å². The van der Waals surface area contributed by atoms with E-state index < -0.39 is 12.3 Å². The van der Waals surface area contributed by atoms with Crippen molar-refractivity contribution in [3.05, 3.63) is 34.3 Å². The molecule has 2 heterocycles. The lowest BCUT2D eigenvalue weighted by Crippen LogP contribution is -2.45. The maximum Gasteiger partial charge on any atom is 0.120 e. The van der Waals surface area contributed by atoms with E-state index in [1.165, 1.54) is 0 Å². The van der Waals surface area contributed by atoms with Crippen LogP contribution in [0.3, 0.4) is 0 Å². The summed E-state index contributed by atoms with van der Waals surface area (Å²) < 4.78 is 18.9. The molecule has 2 aliphatic rings. The maximum atomic E-state index is 13.2. The molecule has 3 rings (SSSR count). The van der Waals surface area contributed by atoms with Crippen LogP contribution >= 0.6 is 11.6 Å². The van der Waals surface area contributed by atoms with Gasteiger partial charge in [-0.05, 0) is 17.2 Å². The molecule has 2 nitrogen and oxygen atoms in total. The topological polar surface area (TPSA) is 21.3 Å². The molecule has 0 spiro atoms. The van der Waals surface area contributed by atoms with Crippen molar-refractivity contribution in [1.29, 1.82) is 0 Å². The molecule has 0 saturated carbocycles. The summed E-state index contributed by atoms with van der Waals surface area (Å²) >= 11 is 6.13. The minimum atomic E-state index is -0.669. The Bertz CT molecular complexity index is 425. The standard InChI is InChI=1S/C12H13ClFNO/c13-11-3-1-2-8-9(11)5-16-12(6-14)7-15-4-10(8)12/h1-3,10,15H,4-7H2/t10-,12+/m0/s1. The van der Waals surface area contributed by atoms with Crippen molar-refractivity contribution in [3.8, 4) is 0 Å². The summed E-state index contributed by atoms with van der Waals surface area (Å²) in [4.78, 5) is 0. The number of rotatable bonds is 1. The molecule has 1 saturated heterocycles. The lowest BCUT2D eigenvalue weighted by Gasteiger charge is -2.38. The number of nitrogens with one attached hydrogen (secondary N) is 1. The Kier molecular flexibility index (Phi) is 2.42. The van der Waals surface area contributed by atoms with Crippen molar-refractivity contribution < 1.29 is 9.13 Å². The molecule has 1 fully saturated rings. The molecule has 2 atom stereocenters. The molecule has 1 aromatic rings. The van der Waals surface area contributed by atoms with Gasteiger partial charge < -0.3 is 10.1 Å². The van der Waals surface area contributed by atoms with Gasteiger partial charge in [-0.15, -0.1) is 0 Å². The third-order valence-electron chi connectivity index (χ3n) is 3.67. The van der Waals surface area contributed by atoms with Crippen molar-refractivity contribution in [2.75, 3.05) is 19.8 Å². The van der Waals surface area contributed by atoms with Gasteiger partial charge in [0.1, 0.15) is 12.3 Å². The van der Waals surface area contributed by atoms with Gasteiger partial charge in [0.25, 0.3) is 0 Å². The molecule has 0 unspecified atom stereocenters. The van der Waals surface area contributed by atoms with Crippen LogP contribution in [0, 0.1) is 0 Å². The Hall–Kier alpha value is -0.640. The number of ether oxygens (including phenoxy) is 1. The highest BCUT2D eigenvalue weighted by molar-refractivity contribution is 6.31. The number of halogens is 2. The number of fused-ring (bicyclic) bond motifs is 3. The van der Waals surface area contributed by atoms with E-state index in [1.807, 2.05) is 18.2 Å². The first-order valence-corrected chi connectivity index (χ1v) is 5.82. The van der Waals surface area contributed by atoms with E-state index in [0.29, 0.717) is 13.2 Å². The van der Waals surface area contributed by atoms with Crippen LogP contribution in [0.1, 0.15) is 17.0 Å². The zero-order valence-electron chi connectivity index (χ0n) is 8.80. The lowest BCUT2D eigenvalue weighted by molar-refractivity contribution is -0.0789. The lowest BCUT2D eigenvalue weighted by atomic mass is 9.81. The van der Waals surface area contributed by atoms with Crippen molar-refractivity contribution in [3.63, 3.8) is 0 Å². The molecular weight excluding hydrogens is 229 g/mol. The van der Waals surface area contributed by atoms with Gasteiger partial charge >= 0.3 is 0 Å². The molecule has 0 amide bonds. The third kappa shape index (κ3) is 1.32. The Morgan fingerprint density at radius 2 is 2.44 bits per heavy atom. The van der Waals surface area contributed by atoms with E-state index in [2.05, 4.69) is 5.32 Å². The monoisotopic (exact) mass is 241 g/mol. The second kappa shape index (κ2) is 3.69. The first kappa shape index (κ1) is 10.5. The molecule has 86 valence electrons. The van der Waals surface area contributed by atoms with Gasteiger partial charge in [0.05, 0.1) is 6.61 Å². The second-order valence-corrected chi connectivity index (χ2v) is 4.89. The largest absolute Gasteiger partial charge is 0.365 e. The predicted molar refractivity (Wildman–Crippen MR) is 60.6 cm³/mol. The fraction of sp³-hybridized carbons (Fsp3) is 0.500. The summed E-state index contributed by atoms with van der Waals surface area (Å²) in [5.41, 5.74) is 1.49. The number of benzene rings is 1. The highest BCUT2D eigenvalue weighted by Gasteiger charge is 2.48. The van der Waals surface area contributed by atoms with Crippen LogP contribution < -0.4 is 5.32 Å². The van der Waals surface area contributed by atoms with Crippen LogP contribution in [0.15, 0.2) is 18.2 Å². The molecule has 16 heavy (non-hydrogen) atoms. The Labute approximate surface area is 98.7 Å². The van der Waals surface area contributed by atoms with Crippen molar-refractivity contribution in [2.24, 2.45) is 0 Å². The van der Waals surface area contributed by atoms with Gasteiger partial charge in [0, 0.05) is 24.0 Å². The molecule has 1 aromatic carbocycles. The quantitative estimate of drug-likeness (QED) is 0.815. The summed E-state index contributed by atoms with van der Waals surface area (Å²) in [6.07, 6.45) is 0. The van der Waals surface area contributed by atoms with Gasteiger partial charge in [-0.3, -0.25) is 0 Å². The highest BCUT2D eigenvalue weighted by atomic mass is 35.5. The average molecular weight is 242 g/mol. The van der Waals surface area contributed by atoms with Crippen LogP contribution in [0.25, 0.3) is 0 Å². The van der Waals surface area contributed by atoms with Crippen molar-refractivity contribution in [1.82, 2.24) is 5.32 Å². The molecule has 0 aromatic heterocycles. The zero-order chi connectivity index (χ0) is 11.2. The van der Waals surface area contributed by atoms with Crippen LogP contribution in [0.4, 0.5) is 4.39 Å². The molecule has 2 aliphatic heterocycles. The highest BCUT2D eigenvalue weighted by Crippen LogP contribution is 2.43. The van der Waals surface area contributed by atoms with Crippen molar-refractivity contribution in [2.45, 2.75) is 18.1 Å². The normalized spacial score (nSPS) is 32.2. The summed E-state index contributed by atoms with van der Waals surface area (Å²) in [6, 6.07) is 5.81. The fourth-order valence-corrected chi connectivity index (χ4v) is 2.97. The van der Waals surface area contributed by atoms with Gasteiger partial charge in [0.15, 0.2) is 0 Å². The SMILES string of the molecule is FC[C@@]12CNC[C@H]1c1cccc(Cl)c1CO2. The average Bonchev–Trinajstić information content (AvgIpc) is 2.74. The van der Waals surface area contributed by atoms with Crippen LogP contribution in [0.5, 0.6) is 0 Å². The van der Waals surface area contributed by atoms with Gasteiger partial charge in [0.2, 0.25) is 0 Å². The van der Waals surface area contributed by atoms with E-state index in [0.717, 1.165) is 22.7 Å². The van der Waals surface area contributed by atoms with Gasteiger partial charge in [-0.2, -0.15) is 0 Å². The Morgan fingerprint density at radius 3 is 3.25 bits per heavy atom. The molecule has 0 bridgehead atoms. The maximum absolute atomic E-state index is 13.2. The first-order valence-electron chi connectivity index (χ1n) is 5.45. The number of alkyl halides is 1. The number of hydrogen-bond acceptors (Lipinski definition) is 2. The number of hydrogen-bond donors (Lipinski definition) is 1. The molecule has 0 radical (unpaired) electrons. The second-order valence-electron chi connectivity index (χ2n) is 4.48. The summed E-state index contributed by atoms with van der Waals surface area (Å²) in [5, 5.41) is 3.93. The molecular formula is C12H13ClFNO. The molecule has 0 aliphatic carbocycles. The van der Waals surface area contributed by atoms with E-state index in [4.69, 9.17) is 16.3 Å². The minimum Gasteiger partial charge on any atom is -0.365 e. The van der Waals surface area contributed by atoms with E-state index in [-0.39, 0.29) is 5.92 Å². The van der Waals surface area contributed by atoms with E-state index >= 15 is 0 Å². The smallest absolute Gasteiger partial charge is 0.120 e. The summed E-state index contributed by atoms with van der Waals surface area (Å²) in [6.45, 7) is 1.31. The Morgan fingerprint density at radius 1 is 1.56 bits per heavy atom. The first-order chi connectivity index (χ1) is 7.77. The van der Waals surface area contributed by atoms with Gasteiger partial charge in [-0.25, -0.2) is 4.39 Å². The molecule has 1 N–H and O–H groups in total. The fourth-order valence-electron chi connectivity index (χ4n) is 2.73. The van der Waals surface area contributed by atoms with E-state index in [1.54, 1.807) is 0 Å². The zero-order valence-corrected chi connectivity index (χ0v) is 9.56. The van der Waals surface area contributed by atoms with Crippen LogP contribution in [0.2, 0.25) is 5.02 Å². The predicted octanol–water partition coefficient (Wildman–Crippen LogP) is 2.27. The molecule has 4 heteroatoms. The minimum absolute atomic E-state index is 0.0833. The van der Waals surface area contributed by atoms with Crippen LogP contribution in [-0.4, -0.2) is 25.4 Å². The van der Waals surface area contributed by atoms with Crippen molar-refractivity contribution >= 4 is 11.6 Å². The third-order valence-corrected chi connectivity index (χ3v) is 4.02. The van der Waals surface area contributed by atoms with Crippen LogP contribution in [-0.2, 0) is 11.3 Å². The summed E-state index contributed by atoms with van der Waals surface area (Å²) in [7, 11) is 0. The Balaban J connectivity index is 2.10. The summed E-state index contributed by atoms with van der Waals surface area (Å²) in [5.74, 6) is 0.0833.